The minimum absolute atomic E-state index is 0.00500. The largest absolute Gasteiger partial charge is 0.348 e. The fraction of sp³-hybridized carbons (Fsp3) is 0.238. The van der Waals surface area contributed by atoms with Crippen molar-refractivity contribution in [1.82, 2.24) is 18.9 Å². The van der Waals surface area contributed by atoms with Gasteiger partial charge in [-0.15, -0.1) is 11.3 Å². The molecule has 1 atom stereocenters. The van der Waals surface area contributed by atoms with Crippen LogP contribution in [0.1, 0.15) is 28.7 Å². The highest BCUT2D eigenvalue weighted by Gasteiger charge is 2.29. The predicted molar refractivity (Wildman–Crippen MR) is 107 cm³/mol. The maximum absolute atomic E-state index is 12.5. The van der Waals surface area contributed by atoms with Crippen LogP contribution in [0.4, 0.5) is 0 Å². The Balaban J connectivity index is 1.55. The smallest absolute Gasteiger partial charge is 0.259 e. The molecule has 0 N–H and O–H groups in total. The van der Waals surface area contributed by atoms with Gasteiger partial charge in [-0.05, 0) is 24.6 Å². The number of thiazole rings is 1. The van der Waals surface area contributed by atoms with Crippen LogP contribution in [-0.2, 0) is 13.1 Å². The molecule has 136 valence electrons. The number of hydrogen-bond donors (Lipinski definition) is 0. The van der Waals surface area contributed by atoms with E-state index in [0.29, 0.717) is 6.54 Å². The SMILES string of the molecule is Cc1csc2nc(CN3CCn4cccc4C3c3ccccc3)cc(=O)n12. The number of fused-ring (bicyclic) bond motifs is 2. The molecule has 0 fully saturated rings. The number of nitrogens with zero attached hydrogens (tertiary/aromatic N) is 4. The van der Waals surface area contributed by atoms with Crippen molar-refractivity contribution >= 4 is 16.3 Å². The summed E-state index contributed by atoms with van der Waals surface area (Å²) in [5.74, 6) is 0. The Bertz CT molecular complexity index is 1160. The summed E-state index contributed by atoms with van der Waals surface area (Å²) in [4.78, 5) is 20.5. The minimum Gasteiger partial charge on any atom is -0.348 e. The Hall–Kier alpha value is -2.70. The second-order valence-electron chi connectivity index (χ2n) is 6.99. The van der Waals surface area contributed by atoms with Gasteiger partial charge < -0.3 is 4.57 Å². The maximum Gasteiger partial charge on any atom is 0.259 e. The van der Waals surface area contributed by atoms with E-state index < -0.39 is 0 Å². The molecule has 0 spiro atoms. The summed E-state index contributed by atoms with van der Waals surface area (Å²) in [5, 5.41) is 1.98. The molecule has 0 saturated carbocycles. The topological polar surface area (TPSA) is 42.5 Å². The summed E-state index contributed by atoms with van der Waals surface area (Å²) in [6, 6.07) is 16.7. The standard InChI is InChI=1S/C21H20N4OS/c1-15-14-27-21-22-17(12-19(26)25(15)21)13-24-11-10-23-9-5-8-18(23)20(24)16-6-3-2-4-7-16/h2-9,12,14,20H,10-11,13H2,1H3. The van der Waals surface area contributed by atoms with Crippen LogP contribution in [0.25, 0.3) is 4.96 Å². The Morgan fingerprint density at radius 1 is 1.15 bits per heavy atom. The van der Waals surface area contributed by atoms with Crippen molar-refractivity contribution in [3.05, 3.63) is 93.1 Å². The molecular formula is C21H20N4OS. The van der Waals surface area contributed by atoms with E-state index in [-0.39, 0.29) is 11.6 Å². The van der Waals surface area contributed by atoms with E-state index in [1.54, 1.807) is 10.5 Å². The molecule has 1 aliphatic rings. The average molecular weight is 376 g/mol. The van der Waals surface area contributed by atoms with Gasteiger partial charge in [0.25, 0.3) is 5.56 Å². The van der Waals surface area contributed by atoms with E-state index in [1.165, 1.54) is 22.6 Å². The summed E-state index contributed by atoms with van der Waals surface area (Å²) in [6.45, 7) is 4.47. The first-order valence-corrected chi connectivity index (χ1v) is 9.99. The Morgan fingerprint density at radius 3 is 2.85 bits per heavy atom. The Labute approximate surface area is 161 Å². The lowest BCUT2D eigenvalue weighted by Crippen LogP contribution is -2.38. The molecule has 1 aromatic carbocycles. The molecule has 3 aromatic heterocycles. The third-order valence-electron chi connectivity index (χ3n) is 5.25. The molecule has 0 radical (unpaired) electrons. The lowest BCUT2D eigenvalue weighted by Gasteiger charge is -2.37. The maximum atomic E-state index is 12.5. The molecule has 1 unspecified atom stereocenters. The highest BCUT2D eigenvalue weighted by atomic mass is 32.1. The van der Waals surface area contributed by atoms with Gasteiger partial charge in [0.2, 0.25) is 0 Å². The van der Waals surface area contributed by atoms with E-state index in [9.17, 15) is 4.79 Å². The first-order valence-electron chi connectivity index (χ1n) is 9.11. The monoisotopic (exact) mass is 376 g/mol. The number of aryl methyl sites for hydroxylation is 1. The molecule has 0 bridgehead atoms. The molecule has 6 heteroatoms. The summed E-state index contributed by atoms with van der Waals surface area (Å²) in [5.41, 5.74) is 4.34. The zero-order chi connectivity index (χ0) is 18.4. The van der Waals surface area contributed by atoms with E-state index in [0.717, 1.165) is 29.4 Å². The number of hydrogen-bond acceptors (Lipinski definition) is 4. The van der Waals surface area contributed by atoms with Gasteiger partial charge >= 0.3 is 0 Å². The van der Waals surface area contributed by atoms with E-state index in [4.69, 9.17) is 4.98 Å². The van der Waals surface area contributed by atoms with Gasteiger partial charge in [-0.3, -0.25) is 14.1 Å². The van der Waals surface area contributed by atoms with Crippen LogP contribution in [0.15, 0.2) is 64.9 Å². The third kappa shape index (κ3) is 2.81. The Morgan fingerprint density at radius 2 is 2.00 bits per heavy atom. The summed E-state index contributed by atoms with van der Waals surface area (Å²) < 4.78 is 4.01. The molecule has 5 nitrogen and oxygen atoms in total. The predicted octanol–water partition coefficient (Wildman–Crippen LogP) is 3.47. The average Bonchev–Trinajstić information content (AvgIpc) is 3.29. The molecule has 5 rings (SSSR count). The summed E-state index contributed by atoms with van der Waals surface area (Å²) in [7, 11) is 0. The van der Waals surface area contributed by atoms with Gasteiger partial charge in [0, 0.05) is 48.7 Å². The van der Waals surface area contributed by atoms with E-state index in [1.807, 2.05) is 18.4 Å². The first kappa shape index (κ1) is 16.5. The quantitative estimate of drug-likeness (QED) is 0.550. The van der Waals surface area contributed by atoms with Crippen molar-refractivity contribution in [2.24, 2.45) is 0 Å². The van der Waals surface area contributed by atoms with Crippen molar-refractivity contribution < 1.29 is 0 Å². The molecule has 4 aromatic rings. The van der Waals surface area contributed by atoms with Crippen molar-refractivity contribution in [1.29, 1.82) is 0 Å². The van der Waals surface area contributed by atoms with Gasteiger partial charge in [0.15, 0.2) is 4.96 Å². The van der Waals surface area contributed by atoms with Crippen molar-refractivity contribution in [3.63, 3.8) is 0 Å². The van der Waals surface area contributed by atoms with Gasteiger partial charge in [-0.1, -0.05) is 30.3 Å². The molecule has 4 heterocycles. The van der Waals surface area contributed by atoms with Crippen molar-refractivity contribution in [2.45, 2.75) is 26.1 Å². The molecule has 1 aliphatic heterocycles. The third-order valence-corrected chi connectivity index (χ3v) is 6.19. The van der Waals surface area contributed by atoms with Gasteiger partial charge in [0.1, 0.15) is 0 Å². The minimum atomic E-state index is 0.00500. The zero-order valence-corrected chi connectivity index (χ0v) is 15.9. The van der Waals surface area contributed by atoms with Crippen LogP contribution in [0.3, 0.4) is 0 Å². The van der Waals surface area contributed by atoms with Crippen LogP contribution in [0, 0.1) is 6.92 Å². The zero-order valence-electron chi connectivity index (χ0n) is 15.1. The lowest BCUT2D eigenvalue weighted by molar-refractivity contribution is 0.172. The van der Waals surface area contributed by atoms with Crippen molar-refractivity contribution in [2.75, 3.05) is 6.54 Å². The van der Waals surface area contributed by atoms with E-state index in [2.05, 4.69) is 52.1 Å². The number of rotatable bonds is 3. The number of benzene rings is 1. The van der Waals surface area contributed by atoms with Crippen LogP contribution >= 0.6 is 11.3 Å². The second-order valence-corrected chi connectivity index (χ2v) is 7.83. The van der Waals surface area contributed by atoms with Gasteiger partial charge in [0.05, 0.1) is 11.7 Å². The van der Waals surface area contributed by atoms with Gasteiger partial charge in [-0.2, -0.15) is 0 Å². The molecular weight excluding hydrogens is 356 g/mol. The number of aromatic nitrogens is 3. The first-order chi connectivity index (χ1) is 13.2. The van der Waals surface area contributed by atoms with Crippen LogP contribution in [0.2, 0.25) is 0 Å². The van der Waals surface area contributed by atoms with Crippen LogP contribution < -0.4 is 5.56 Å². The molecule has 0 amide bonds. The highest BCUT2D eigenvalue weighted by molar-refractivity contribution is 7.15. The fourth-order valence-corrected chi connectivity index (χ4v) is 4.90. The summed E-state index contributed by atoms with van der Waals surface area (Å²) >= 11 is 1.52. The Kier molecular flexibility index (Phi) is 3.95. The normalized spacial score (nSPS) is 17.3. The second kappa shape index (κ2) is 6.48. The highest BCUT2D eigenvalue weighted by Crippen LogP contribution is 2.33. The lowest BCUT2D eigenvalue weighted by atomic mass is 10.00. The molecule has 0 saturated heterocycles. The van der Waals surface area contributed by atoms with Crippen LogP contribution in [-0.4, -0.2) is 25.4 Å². The van der Waals surface area contributed by atoms with Gasteiger partial charge in [-0.25, -0.2) is 4.98 Å². The summed E-state index contributed by atoms with van der Waals surface area (Å²) in [6.07, 6.45) is 2.15. The van der Waals surface area contributed by atoms with Crippen LogP contribution in [0.5, 0.6) is 0 Å². The van der Waals surface area contributed by atoms with E-state index >= 15 is 0 Å². The molecule has 27 heavy (non-hydrogen) atoms. The van der Waals surface area contributed by atoms with Crippen molar-refractivity contribution in [3.8, 4) is 0 Å². The fourth-order valence-electron chi connectivity index (χ4n) is 4.01. The molecule has 0 aliphatic carbocycles.